The van der Waals surface area contributed by atoms with Crippen molar-refractivity contribution in [3.05, 3.63) is 0 Å². The Hall–Kier alpha value is -0.0800. The van der Waals surface area contributed by atoms with E-state index < -0.39 is 0 Å². The van der Waals surface area contributed by atoms with Crippen molar-refractivity contribution in [2.24, 2.45) is 0 Å². The maximum atomic E-state index is 3.70. The molecule has 2 nitrogen and oxygen atoms in total. The first-order chi connectivity index (χ1) is 6.75. The summed E-state index contributed by atoms with van der Waals surface area (Å²) in [6.07, 6.45) is 8.22. The summed E-state index contributed by atoms with van der Waals surface area (Å²) in [6, 6.07) is 1.48. The van der Waals surface area contributed by atoms with Crippen molar-refractivity contribution in [1.82, 2.24) is 10.2 Å². The topological polar surface area (TPSA) is 15.3 Å². The lowest BCUT2D eigenvalue weighted by Gasteiger charge is -2.31. The van der Waals surface area contributed by atoms with Crippen LogP contribution in [-0.2, 0) is 0 Å². The molecule has 2 unspecified atom stereocenters. The summed E-state index contributed by atoms with van der Waals surface area (Å²) < 4.78 is 0. The summed E-state index contributed by atoms with van der Waals surface area (Å²) in [7, 11) is 4.44. The normalized spacial score (nSPS) is 29.1. The zero-order valence-electron chi connectivity index (χ0n) is 10.1. The fourth-order valence-corrected chi connectivity index (χ4v) is 2.47. The van der Waals surface area contributed by atoms with E-state index in [0.717, 1.165) is 12.1 Å². The average molecular weight is 198 g/mol. The van der Waals surface area contributed by atoms with Crippen LogP contribution in [0.15, 0.2) is 0 Å². The highest BCUT2D eigenvalue weighted by molar-refractivity contribution is 4.84. The second-order valence-corrected chi connectivity index (χ2v) is 4.73. The Balaban J connectivity index is 2.45. The lowest BCUT2D eigenvalue weighted by molar-refractivity contribution is 0.217. The van der Waals surface area contributed by atoms with Crippen LogP contribution in [0.2, 0.25) is 0 Å². The molecule has 0 radical (unpaired) electrons. The van der Waals surface area contributed by atoms with Gasteiger partial charge in [-0.05, 0) is 39.9 Å². The van der Waals surface area contributed by atoms with Gasteiger partial charge in [0.2, 0.25) is 0 Å². The van der Waals surface area contributed by atoms with Crippen LogP contribution in [0.3, 0.4) is 0 Å². The zero-order chi connectivity index (χ0) is 10.4. The summed E-state index contributed by atoms with van der Waals surface area (Å²) in [4.78, 5) is 2.40. The molecular formula is C12H26N2. The van der Waals surface area contributed by atoms with Gasteiger partial charge in [-0.3, -0.25) is 0 Å². The molecule has 0 aliphatic heterocycles. The molecule has 0 bridgehead atoms. The van der Waals surface area contributed by atoms with Crippen molar-refractivity contribution >= 4 is 0 Å². The summed E-state index contributed by atoms with van der Waals surface area (Å²) in [5.41, 5.74) is 0. The van der Waals surface area contributed by atoms with E-state index in [1.54, 1.807) is 0 Å². The average Bonchev–Trinajstić information content (AvgIpc) is 2.39. The van der Waals surface area contributed by atoms with E-state index in [2.05, 4.69) is 31.2 Å². The first-order valence-electron chi connectivity index (χ1n) is 6.15. The largest absolute Gasteiger partial charge is 0.312 e. The number of hydrogen-bond acceptors (Lipinski definition) is 2. The number of hydrogen-bond donors (Lipinski definition) is 1. The first-order valence-corrected chi connectivity index (χ1v) is 6.15. The van der Waals surface area contributed by atoms with Gasteiger partial charge in [-0.25, -0.2) is 0 Å². The van der Waals surface area contributed by atoms with E-state index in [9.17, 15) is 0 Å². The van der Waals surface area contributed by atoms with Crippen LogP contribution >= 0.6 is 0 Å². The second kappa shape index (κ2) is 6.41. The molecule has 1 fully saturated rings. The van der Waals surface area contributed by atoms with Gasteiger partial charge in [-0.15, -0.1) is 0 Å². The van der Waals surface area contributed by atoms with Crippen LogP contribution < -0.4 is 5.32 Å². The lowest BCUT2D eigenvalue weighted by Crippen LogP contribution is -2.46. The van der Waals surface area contributed by atoms with Crippen molar-refractivity contribution in [3.8, 4) is 0 Å². The van der Waals surface area contributed by atoms with Crippen LogP contribution in [0.5, 0.6) is 0 Å². The molecule has 0 aromatic carbocycles. The predicted octanol–water partition coefficient (Wildman–Crippen LogP) is 2.25. The van der Waals surface area contributed by atoms with Crippen molar-refractivity contribution < 1.29 is 0 Å². The van der Waals surface area contributed by atoms with Crippen molar-refractivity contribution in [2.75, 3.05) is 20.6 Å². The quantitative estimate of drug-likeness (QED) is 0.697. The fraction of sp³-hybridized carbons (Fsp3) is 1.00. The van der Waals surface area contributed by atoms with Crippen molar-refractivity contribution in [1.29, 1.82) is 0 Å². The van der Waals surface area contributed by atoms with Crippen LogP contribution in [0.25, 0.3) is 0 Å². The van der Waals surface area contributed by atoms with Crippen LogP contribution in [0, 0.1) is 0 Å². The summed E-state index contributed by atoms with van der Waals surface area (Å²) >= 11 is 0. The molecule has 0 saturated heterocycles. The molecule has 2 atom stereocenters. The lowest BCUT2D eigenvalue weighted by atomic mass is 10.0. The third-order valence-electron chi connectivity index (χ3n) is 3.30. The molecule has 2 heteroatoms. The molecule has 1 rings (SSSR count). The Labute approximate surface area is 89.1 Å². The van der Waals surface area contributed by atoms with Crippen LogP contribution in [-0.4, -0.2) is 37.6 Å². The minimum atomic E-state index is 0.729. The smallest absolute Gasteiger partial charge is 0.0243 e. The monoisotopic (exact) mass is 198 g/mol. The molecule has 1 aliphatic carbocycles. The Morgan fingerprint density at radius 1 is 1.14 bits per heavy atom. The summed E-state index contributed by atoms with van der Waals surface area (Å²) in [6.45, 7) is 3.42. The maximum absolute atomic E-state index is 3.70. The maximum Gasteiger partial charge on any atom is 0.0243 e. The van der Waals surface area contributed by atoms with E-state index in [0.29, 0.717) is 0 Å². The molecule has 0 aromatic heterocycles. The number of nitrogens with zero attached hydrogens (tertiary/aromatic N) is 1. The molecule has 0 aromatic rings. The zero-order valence-corrected chi connectivity index (χ0v) is 10.1. The molecule has 1 N–H and O–H groups in total. The van der Waals surface area contributed by atoms with E-state index in [1.807, 2.05) is 0 Å². The SMILES string of the molecule is CCCNC1CCCCCC1N(C)C. The molecule has 1 aliphatic rings. The molecular weight excluding hydrogens is 172 g/mol. The van der Waals surface area contributed by atoms with Gasteiger partial charge >= 0.3 is 0 Å². The summed E-state index contributed by atoms with van der Waals surface area (Å²) in [5.74, 6) is 0. The molecule has 0 amide bonds. The minimum Gasteiger partial charge on any atom is -0.312 e. The summed E-state index contributed by atoms with van der Waals surface area (Å²) in [5, 5.41) is 3.70. The highest BCUT2D eigenvalue weighted by Crippen LogP contribution is 2.20. The van der Waals surface area contributed by atoms with E-state index >= 15 is 0 Å². The van der Waals surface area contributed by atoms with Crippen molar-refractivity contribution in [2.45, 2.75) is 57.5 Å². The highest BCUT2D eigenvalue weighted by atomic mass is 15.1. The van der Waals surface area contributed by atoms with Crippen LogP contribution in [0.1, 0.15) is 45.4 Å². The molecule has 1 saturated carbocycles. The van der Waals surface area contributed by atoms with Gasteiger partial charge in [0.25, 0.3) is 0 Å². The predicted molar refractivity (Wildman–Crippen MR) is 62.6 cm³/mol. The Kier molecular flexibility index (Phi) is 5.49. The first kappa shape index (κ1) is 12.0. The third kappa shape index (κ3) is 3.58. The fourth-order valence-electron chi connectivity index (χ4n) is 2.47. The van der Waals surface area contributed by atoms with Gasteiger partial charge in [-0.2, -0.15) is 0 Å². The van der Waals surface area contributed by atoms with Gasteiger partial charge in [0, 0.05) is 12.1 Å². The molecule has 14 heavy (non-hydrogen) atoms. The molecule has 84 valence electrons. The van der Waals surface area contributed by atoms with E-state index in [4.69, 9.17) is 0 Å². The van der Waals surface area contributed by atoms with Gasteiger partial charge in [0.05, 0.1) is 0 Å². The van der Waals surface area contributed by atoms with Gasteiger partial charge < -0.3 is 10.2 Å². The number of nitrogens with one attached hydrogen (secondary N) is 1. The number of rotatable bonds is 4. The van der Waals surface area contributed by atoms with E-state index in [-0.39, 0.29) is 0 Å². The Bertz CT molecular complexity index is 145. The second-order valence-electron chi connectivity index (χ2n) is 4.73. The van der Waals surface area contributed by atoms with Gasteiger partial charge in [0.1, 0.15) is 0 Å². The van der Waals surface area contributed by atoms with Gasteiger partial charge in [-0.1, -0.05) is 26.2 Å². The highest BCUT2D eigenvalue weighted by Gasteiger charge is 2.24. The Morgan fingerprint density at radius 2 is 1.86 bits per heavy atom. The van der Waals surface area contributed by atoms with Gasteiger partial charge in [0.15, 0.2) is 0 Å². The van der Waals surface area contributed by atoms with Crippen LogP contribution in [0.4, 0.5) is 0 Å². The number of likely N-dealkylation sites (N-methyl/N-ethyl adjacent to an activating group) is 1. The standard InChI is InChI=1S/C12H26N2/c1-4-10-13-11-8-6-5-7-9-12(11)14(2)3/h11-13H,4-10H2,1-3H3. The van der Waals surface area contributed by atoms with Crippen molar-refractivity contribution in [3.63, 3.8) is 0 Å². The molecule has 0 heterocycles. The van der Waals surface area contributed by atoms with E-state index in [1.165, 1.54) is 45.1 Å². The third-order valence-corrected chi connectivity index (χ3v) is 3.30. The molecule has 0 spiro atoms. The Morgan fingerprint density at radius 3 is 2.50 bits per heavy atom. The minimum absolute atomic E-state index is 0.729.